The summed E-state index contributed by atoms with van der Waals surface area (Å²) in [5.41, 5.74) is 8.47. The second kappa shape index (κ2) is 11.0. The monoisotopic (exact) mass is 507 g/mol. The minimum Gasteiger partial charge on any atom is -0.296 e. The Kier molecular flexibility index (Phi) is 7.31. The van der Waals surface area contributed by atoms with E-state index in [1.54, 1.807) is 12.4 Å². The Morgan fingerprint density at radius 2 is 1.82 bits per heavy atom. The molecular weight excluding hydrogens is 474 g/mol. The average Bonchev–Trinajstić information content (AvgIpc) is 3.56. The minimum absolute atomic E-state index is 0.0304. The van der Waals surface area contributed by atoms with E-state index in [4.69, 9.17) is 0 Å². The lowest BCUT2D eigenvalue weighted by atomic mass is 9.98. The predicted molar refractivity (Wildman–Crippen MR) is 149 cm³/mol. The quantitative estimate of drug-likeness (QED) is 0.284. The SMILES string of the molecule is CCCc1cn(-c2c(C)cccc2C(C)C)c(=O)n1CCc1ccc(-c2ccncc2-c2nn[nH]n2)cc1. The number of aromatic nitrogens is 7. The van der Waals surface area contributed by atoms with Crippen molar-refractivity contribution in [1.29, 1.82) is 0 Å². The number of hydrogen-bond donors (Lipinski definition) is 1. The summed E-state index contributed by atoms with van der Waals surface area (Å²) in [6.45, 7) is 9.22. The van der Waals surface area contributed by atoms with Crippen molar-refractivity contribution in [1.82, 2.24) is 34.7 Å². The molecule has 5 aromatic rings. The highest BCUT2D eigenvalue weighted by atomic mass is 16.1. The van der Waals surface area contributed by atoms with Crippen LogP contribution in [0.25, 0.3) is 28.2 Å². The van der Waals surface area contributed by atoms with Gasteiger partial charge >= 0.3 is 5.69 Å². The summed E-state index contributed by atoms with van der Waals surface area (Å²) in [5, 5.41) is 14.4. The van der Waals surface area contributed by atoms with Gasteiger partial charge in [0, 0.05) is 36.4 Å². The van der Waals surface area contributed by atoms with E-state index < -0.39 is 0 Å². The molecule has 5 rings (SSSR count). The zero-order valence-electron chi connectivity index (χ0n) is 22.3. The number of rotatable bonds is 9. The van der Waals surface area contributed by atoms with Gasteiger partial charge in [-0.25, -0.2) is 4.79 Å². The number of tetrazole rings is 1. The summed E-state index contributed by atoms with van der Waals surface area (Å²) >= 11 is 0. The number of H-pyrrole nitrogens is 1. The van der Waals surface area contributed by atoms with Gasteiger partial charge in [0.05, 0.1) is 5.69 Å². The molecule has 194 valence electrons. The van der Waals surface area contributed by atoms with Gasteiger partial charge in [-0.15, -0.1) is 10.2 Å². The number of pyridine rings is 1. The molecule has 3 heterocycles. The Bertz CT molecular complexity index is 1580. The molecule has 0 amide bonds. The third-order valence-electron chi connectivity index (χ3n) is 7.00. The van der Waals surface area contributed by atoms with Gasteiger partial charge in [0.1, 0.15) is 0 Å². The van der Waals surface area contributed by atoms with E-state index in [1.165, 1.54) is 11.1 Å². The standard InChI is InChI=1S/C30H33N7O/c1-5-7-24-19-37(28-21(4)8-6-9-25(28)20(2)3)30(38)36(24)17-15-22-10-12-23(13-11-22)26-14-16-31-18-27(26)29-32-34-35-33-29/h6,8-14,16,18-20H,5,7,15,17H2,1-4H3,(H,32,33,34,35). The van der Waals surface area contributed by atoms with Gasteiger partial charge in [-0.2, -0.15) is 5.21 Å². The molecule has 0 radical (unpaired) electrons. The maximum atomic E-state index is 13.7. The number of benzene rings is 2. The zero-order valence-corrected chi connectivity index (χ0v) is 22.3. The molecule has 8 nitrogen and oxygen atoms in total. The topological polar surface area (TPSA) is 94.3 Å². The molecule has 0 bridgehead atoms. The average molecular weight is 508 g/mol. The van der Waals surface area contributed by atoms with Gasteiger partial charge < -0.3 is 0 Å². The fourth-order valence-electron chi connectivity index (χ4n) is 5.05. The highest BCUT2D eigenvalue weighted by Gasteiger charge is 2.18. The van der Waals surface area contributed by atoms with Gasteiger partial charge in [0.2, 0.25) is 5.82 Å². The first-order valence-electron chi connectivity index (χ1n) is 13.2. The molecule has 1 N–H and O–H groups in total. The Hall–Kier alpha value is -4.33. The van der Waals surface area contributed by atoms with Crippen molar-refractivity contribution in [2.45, 2.75) is 59.4 Å². The van der Waals surface area contributed by atoms with Crippen molar-refractivity contribution in [2.24, 2.45) is 0 Å². The first-order valence-corrected chi connectivity index (χ1v) is 13.2. The first-order chi connectivity index (χ1) is 18.5. The Labute approximate surface area is 222 Å². The van der Waals surface area contributed by atoms with Crippen LogP contribution in [0.1, 0.15) is 55.5 Å². The van der Waals surface area contributed by atoms with Gasteiger partial charge in [0.15, 0.2) is 0 Å². The maximum Gasteiger partial charge on any atom is 0.332 e. The predicted octanol–water partition coefficient (Wildman–Crippen LogP) is 5.51. The van der Waals surface area contributed by atoms with Crippen molar-refractivity contribution >= 4 is 0 Å². The van der Waals surface area contributed by atoms with Crippen LogP contribution in [0, 0.1) is 6.92 Å². The summed E-state index contributed by atoms with van der Waals surface area (Å²) < 4.78 is 3.81. The molecule has 0 saturated carbocycles. The smallest absolute Gasteiger partial charge is 0.296 e. The van der Waals surface area contributed by atoms with Crippen molar-refractivity contribution in [3.05, 3.63) is 100.0 Å². The molecule has 0 aliphatic carbocycles. The number of para-hydroxylation sites is 1. The van der Waals surface area contributed by atoms with Gasteiger partial charge in [-0.05, 0) is 64.8 Å². The lowest BCUT2D eigenvalue weighted by Gasteiger charge is -2.15. The number of imidazole rings is 1. The normalized spacial score (nSPS) is 11.4. The van der Waals surface area contributed by atoms with Crippen LogP contribution in [0.5, 0.6) is 0 Å². The Morgan fingerprint density at radius 1 is 1.00 bits per heavy atom. The fraction of sp³-hybridized carbons (Fsp3) is 0.300. The van der Waals surface area contributed by atoms with E-state index >= 15 is 0 Å². The molecule has 0 saturated heterocycles. The van der Waals surface area contributed by atoms with E-state index in [0.717, 1.165) is 52.9 Å². The highest BCUT2D eigenvalue weighted by molar-refractivity contribution is 5.79. The van der Waals surface area contributed by atoms with E-state index in [1.807, 2.05) is 21.4 Å². The molecule has 2 aromatic carbocycles. The molecule has 0 atom stereocenters. The molecule has 0 spiro atoms. The molecule has 38 heavy (non-hydrogen) atoms. The van der Waals surface area contributed by atoms with Crippen LogP contribution in [0.4, 0.5) is 0 Å². The van der Waals surface area contributed by atoms with Crippen LogP contribution >= 0.6 is 0 Å². The van der Waals surface area contributed by atoms with Gasteiger partial charge in [-0.1, -0.05) is 69.7 Å². The largest absolute Gasteiger partial charge is 0.332 e. The second-order valence-electron chi connectivity index (χ2n) is 9.95. The number of aromatic amines is 1. The summed E-state index contributed by atoms with van der Waals surface area (Å²) in [6.07, 6.45) is 8.17. The third kappa shape index (κ3) is 4.94. The van der Waals surface area contributed by atoms with Gasteiger partial charge in [0.25, 0.3) is 0 Å². The van der Waals surface area contributed by atoms with Crippen LogP contribution < -0.4 is 5.69 Å². The highest BCUT2D eigenvalue weighted by Crippen LogP contribution is 2.29. The number of hydrogen-bond acceptors (Lipinski definition) is 5. The first kappa shape index (κ1) is 25.3. The van der Waals surface area contributed by atoms with Crippen LogP contribution in [-0.4, -0.2) is 34.7 Å². The van der Waals surface area contributed by atoms with E-state index in [9.17, 15) is 4.79 Å². The number of nitrogens with zero attached hydrogens (tertiary/aromatic N) is 6. The van der Waals surface area contributed by atoms with Crippen LogP contribution in [-0.2, 0) is 19.4 Å². The van der Waals surface area contributed by atoms with E-state index in [-0.39, 0.29) is 5.69 Å². The van der Waals surface area contributed by atoms with Crippen LogP contribution in [0.15, 0.2) is 71.9 Å². The Morgan fingerprint density at radius 3 is 2.53 bits per heavy atom. The fourth-order valence-corrected chi connectivity index (χ4v) is 5.05. The molecule has 8 heteroatoms. The summed E-state index contributed by atoms with van der Waals surface area (Å²) in [4.78, 5) is 17.9. The number of nitrogens with one attached hydrogen (secondary N) is 1. The molecule has 3 aromatic heterocycles. The lowest BCUT2D eigenvalue weighted by Crippen LogP contribution is -2.26. The molecule has 0 fully saturated rings. The molecule has 0 aliphatic rings. The number of aryl methyl sites for hydroxylation is 3. The second-order valence-corrected chi connectivity index (χ2v) is 9.95. The molecule has 0 unspecified atom stereocenters. The van der Waals surface area contributed by atoms with Crippen molar-refractivity contribution in [3.8, 4) is 28.2 Å². The zero-order chi connectivity index (χ0) is 26.6. The van der Waals surface area contributed by atoms with Crippen molar-refractivity contribution in [2.75, 3.05) is 0 Å². The maximum absolute atomic E-state index is 13.7. The van der Waals surface area contributed by atoms with Crippen molar-refractivity contribution in [3.63, 3.8) is 0 Å². The lowest BCUT2D eigenvalue weighted by molar-refractivity contribution is 0.626. The minimum atomic E-state index is 0.0304. The van der Waals surface area contributed by atoms with Crippen LogP contribution in [0.3, 0.4) is 0 Å². The molecular formula is C30H33N7O. The van der Waals surface area contributed by atoms with E-state index in [2.05, 4.69) is 95.8 Å². The molecule has 0 aliphatic heterocycles. The third-order valence-corrected chi connectivity index (χ3v) is 7.00. The van der Waals surface area contributed by atoms with Gasteiger partial charge in [-0.3, -0.25) is 14.1 Å². The summed E-state index contributed by atoms with van der Waals surface area (Å²) in [6, 6.07) is 16.7. The summed E-state index contributed by atoms with van der Waals surface area (Å²) in [7, 11) is 0. The summed E-state index contributed by atoms with van der Waals surface area (Å²) in [5.74, 6) is 0.841. The van der Waals surface area contributed by atoms with Crippen LogP contribution in [0.2, 0.25) is 0 Å². The van der Waals surface area contributed by atoms with Crippen molar-refractivity contribution < 1.29 is 0 Å². The van der Waals surface area contributed by atoms with E-state index in [0.29, 0.717) is 18.3 Å². The Balaban J connectivity index is 1.42.